The van der Waals surface area contributed by atoms with Crippen molar-refractivity contribution in [1.82, 2.24) is 4.98 Å². The van der Waals surface area contributed by atoms with Gasteiger partial charge in [-0.2, -0.15) is 0 Å². The Kier molecular flexibility index (Phi) is 4.80. The van der Waals surface area contributed by atoms with Gasteiger partial charge in [0.05, 0.1) is 22.0 Å². The topological polar surface area (TPSA) is 62.3 Å². The molecule has 1 aliphatic heterocycles. The van der Waals surface area contributed by atoms with Crippen molar-refractivity contribution in [1.29, 1.82) is 0 Å². The van der Waals surface area contributed by atoms with Gasteiger partial charge in [0.15, 0.2) is 5.13 Å². The summed E-state index contributed by atoms with van der Waals surface area (Å²) >= 11 is 4.56. The van der Waals surface area contributed by atoms with Crippen LogP contribution >= 0.6 is 34.4 Å². The fourth-order valence-electron chi connectivity index (χ4n) is 2.65. The van der Waals surface area contributed by atoms with E-state index in [2.05, 4.69) is 23.3 Å². The lowest BCUT2D eigenvalue weighted by molar-refractivity contribution is -0.120. The molecule has 0 unspecified atom stereocenters. The lowest BCUT2D eigenvalue weighted by atomic mass is 10.2. The summed E-state index contributed by atoms with van der Waals surface area (Å²) in [6.07, 6.45) is 0. The van der Waals surface area contributed by atoms with E-state index in [0.717, 1.165) is 21.2 Å². The van der Waals surface area contributed by atoms with E-state index in [1.165, 1.54) is 32.9 Å². The number of hydrogen-bond donors (Lipinski definition) is 1. The van der Waals surface area contributed by atoms with Crippen LogP contribution in [0, 0.1) is 6.92 Å². The van der Waals surface area contributed by atoms with Crippen LogP contribution in [0.3, 0.4) is 0 Å². The highest BCUT2D eigenvalue weighted by Crippen LogP contribution is 2.35. The molecule has 0 atom stereocenters. The Labute approximate surface area is 163 Å². The zero-order valence-electron chi connectivity index (χ0n) is 13.9. The molecule has 0 fully saturated rings. The first-order valence-electron chi connectivity index (χ1n) is 7.94. The summed E-state index contributed by atoms with van der Waals surface area (Å²) in [5, 5.41) is 5.28. The molecule has 5 nitrogen and oxygen atoms in total. The lowest BCUT2D eigenvalue weighted by Gasteiger charge is -2.28. The number of thiophene rings is 1. The van der Waals surface area contributed by atoms with Gasteiger partial charge in [0.25, 0.3) is 0 Å². The van der Waals surface area contributed by atoms with Crippen molar-refractivity contribution < 1.29 is 9.59 Å². The fraction of sp³-hybridized carbons (Fsp3) is 0.167. The van der Waals surface area contributed by atoms with E-state index in [0.29, 0.717) is 10.9 Å². The third-order valence-corrected chi connectivity index (χ3v) is 6.68. The third-order valence-electron chi connectivity index (χ3n) is 3.85. The summed E-state index contributed by atoms with van der Waals surface area (Å²) in [7, 11) is 0. The van der Waals surface area contributed by atoms with Gasteiger partial charge < -0.3 is 10.2 Å². The van der Waals surface area contributed by atoms with E-state index in [9.17, 15) is 9.59 Å². The van der Waals surface area contributed by atoms with Gasteiger partial charge >= 0.3 is 0 Å². The van der Waals surface area contributed by atoms with Crippen molar-refractivity contribution in [2.24, 2.45) is 0 Å². The second-order valence-electron chi connectivity index (χ2n) is 5.73. The summed E-state index contributed by atoms with van der Waals surface area (Å²) in [6.45, 7) is 2.04. The van der Waals surface area contributed by atoms with Crippen LogP contribution in [0.25, 0.3) is 10.6 Å². The summed E-state index contributed by atoms with van der Waals surface area (Å²) in [6, 6.07) is 11.7. The molecule has 3 heterocycles. The number of hydrogen-bond acceptors (Lipinski definition) is 6. The molecule has 1 aromatic carbocycles. The minimum atomic E-state index is -0.247. The molecule has 4 rings (SSSR count). The van der Waals surface area contributed by atoms with Gasteiger partial charge in [-0.15, -0.1) is 34.4 Å². The number of benzene rings is 1. The maximum absolute atomic E-state index is 12.4. The molecule has 0 radical (unpaired) electrons. The Morgan fingerprint density at radius 1 is 1.27 bits per heavy atom. The van der Waals surface area contributed by atoms with E-state index in [4.69, 9.17) is 0 Å². The SMILES string of the molecule is Cc1ccc(-c2csc(NC(=O)CN3C(=O)CSc4ccccc43)n2)s1. The minimum absolute atomic E-state index is 0.0105. The number of anilines is 2. The number of carbonyl (C=O) groups excluding carboxylic acids is 2. The van der Waals surface area contributed by atoms with Crippen LogP contribution in [0.1, 0.15) is 4.88 Å². The summed E-state index contributed by atoms with van der Waals surface area (Å²) in [5.74, 6) is 0.0460. The Bertz CT molecular complexity index is 979. The number of para-hydroxylation sites is 1. The highest BCUT2D eigenvalue weighted by atomic mass is 32.2. The van der Waals surface area contributed by atoms with Crippen molar-refractivity contribution >= 4 is 57.1 Å². The molecule has 0 saturated carbocycles. The number of aryl methyl sites for hydroxylation is 1. The van der Waals surface area contributed by atoms with Gasteiger partial charge in [0.1, 0.15) is 6.54 Å². The molecular formula is C18H15N3O2S3. The van der Waals surface area contributed by atoms with Gasteiger partial charge in [-0.1, -0.05) is 12.1 Å². The molecule has 0 spiro atoms. The summed E-state index contributed by atoms with van der Waals surface area (Å²) in [4.78, 5) is 34.0. The Balaban J connectivity index is 1.46. The second-order valence-corrected chi connectivity index (χ2v) is 8.90. The highest BCUT2D eigenvalue weighted by Gasteiger charge is 2.26. The Morgan fingerprint density at radius 3 is 2.92 bits per heavy atom. The van der Waals surface area contributed by atoms with Gasteiger partial charge in [0, 0.05) is 15.2 Å². The van der Waals surface area contributed by atoms with Crippen LogP contribution in [-0.4, -0.2) is 29.1 Å². The van der Waals surface area contributed by atoms with Crippen molar-refractivity contribution in [3.05, 3.63) is 46.7 Å². The first-order chi connectivity index (χ1) is 12.6. The molecule has 2 amide bonds. The third kappa shape index (κ3) is 3.53. The fourth-order valence-corrected chi connectivity index (χ4v) is 5.21. The van der Waals surface area contributed by atoms with Crippen molar-refractivity contribution in [3.63, 3.8) is 0 Å². The summed E-state index contributed by atoms with van der Waals surface area (Å²) in [5.41, 5.74) is 1.65. The highest BCUT2D eigenvalue weighted by molar-refractivity contribution is 8.00. The molecule has 8 heteroatoms. The van der Waals surface area contributed by atoms with Gasteiger partial charge in [-0.05, 0) is 31.2 Å². The largest absolute Gasteiger partial charge is 0.301 e. The van der Waals surface area contributed by atoms with Crippen LogP contribution in [0.2, 0.25) is 0 Å². The number of carbonyl (C=O) groups is 2. The van der Waals surface area contributed by atoms with E-state index >= 15 is 0 Å². The van der Waals surface area contributed by atoms with Crippen LogP contribution < -0.4 is 10.2 Å². The Hall–Kier alpha value is -2.16. The maximum atomic E-state index is 12.4. The van der Waals surface area contributed by atoms with Crippen LogP contribution in [0.4, 0.5) is 10.8 Å². The predicted octanol–water partition coefficient (Wildman–Crippen LogP) is 4.26. The average Bonchev–Trinajstić information content (AvgIpc) is 3.26. The minimum Gasteiger partial charge on any atom is -0.301 e. The first kappa shape index (κ1) is 17.3. The molecule has 26 heavy (non-hydrogen) atoms. The van der Waals surface area contributed by atoms with Gasteiger partial charge in [0.2, 0.25) is 11.8 Å². The van der Waals surface area contributed by atoms with E-state index < -0.39 is 0 Å². The molecule has 0 aliphatic carbocycles. The smallest absolute Gasteiger partial charge is 0.246 e. The first-order valence-corrected chi connectivity index (χ1v) is 10.6. The number of amides is 2. The van der Waals surface area contributed by atoms with E-state index in [-0.39, 0.29) is 18.4 Å². The number of nitrogens with zero attached hydrogens (tertiary/aromatic N) is 2. The second kappa shape index (κ2) is 7.22. The predicted molar refractivity (Wildman–Crippen MR) is 108 cm³/mol. The van der Waals surface area contributed by atoms with Crippen molar-refractivity contribution in [3.8, 4) is 10.6 Å². The van der Waals surface area contributed by atoms with Crippen LogP contribution in [0.15, 0.2) is 46.7 Å². The molecular weight excluding hydrogens is 386 g/mol. The maximum Gasteiger partial charge on any atom is 0.246 e. The van der Waals surface area contributed by atoms with E-state index in [1.807, 2.05) is 35.7 Å². The molecule has 1 N–H and O–H groups in total. The summed E-state index contributed by atoms with van der Waals surface area (Å²) < 4.78 is 0. The number of nitrogens with one attached hydrogen (secondary N) is 1. The molecule has 2 aromatic heterocycles. The van der Waals surface area contributed by atoms with Gasteiger partial charge in [-0.25, -0.2) is 4.98 Å². The van der Waals surface area contributed by atoms with Crippen molar-refractivity contribution in [2.75, 3.05) is 22.5 Å². The molecule has 1 aliphatic rings. The molecule has 0 bridgehead atoms. The number of thioether (sulfide) groups is 1. The van der Waals surface area contributed by atoms with Crippen LogP contribution in [0.5, 0.6) is 0 Å². The van der Waals surface area contributed by atoms with Crippen molar-refractivity contribution in [2.45, 2.75) is 11.8 Å². The normalized spacial score (nSPS) is 13.6. The standard InChI is InChI=1S/C18H15N3O2S3/c1-11-6-7-14(26-11)12-9-25-18(19-12)20-16(22)8-21-13-4-2-3-5-15(13)24-10-17(21)23/h2-7,9H,8,10H2,1H3,(H,19,20,22). The quantitative estimate of drug-likeness (QED) is 0.710. The molecule has 0 saturated heterocycles. The molecule has 132 valence electrons. The lowest BCUT2D eigenvalue weighted by Crippen LogP contribution is -2.41. The van der Waals surface area contributed by atoms with E-state index in [1.54, 1.807) is 11.3 Å². The van der Waals surface area contributed by atoms with Gasteiger partial charge in [-0.3, -0.25) is 9.59 Å². The zero-order valence-corrected chi connectivity index (χ0v) is 16.3. The average molecular weight is 402 g/mol. The number of rotatable bonds is 4. The zero-order chi connectivity index (χ0) is 18.1. The number of thiazole rings is 1. The Morgan fingerprint density at radius 2 is 2.12 bits per heavy atom. The van der Waals surface area contributed by atoms with Crippen LogP contribution in [-0.2, 0) is 9.59 Å². The molecule has 3 aromatic rings. The number of fused-ring (bicyclic) bond motifs is 1. The number of aromatic nitrogens is 1. The monoisotopic (exact) mass is 401 g/mol.